The molecule has 1 aromatic carbocycles. The molecular formula is C20H19N3O3. The van der Waals surface area contributed by atoms with Crippen molar-refractivity contribution in [2.75, 3.05) is 6.54 Å². The number of ether oxygens (including phenoxy) is 1. The molecule has 1 atom stereocenters. The molecule has 3 heterocycles. The highest BCUT2D eigenvalue weighted by molar-refractivity contribution is 5.95. The quantitative estimate of drug-likeness (QED) is 0.708. The average Bonchev–Trinajstić information content (AvgIpc) is 3.31. The first-order chi connectivity index (χ1) is 12.7. The largest absolute Gasteiger partial charge is 0.439 e. The molecule has 1 aliphatic rings. The van der Waals surface area contributed by atoms with E-state index in [-0.39, 0.29) is 11.9 Å². The second-order valence-corrected chi connectivity index (χ2v) is 6.33. The number of pyridine rings is 1. The van der Waals surface area contributed by atoms with Gasteiger partial charge < -0.3 is 14.2 Å². The molecule has 6 nitrogen and oxygen atoms in total. The zero-order valence-corrected chi connectivity index (χ0v) is 14.5. The molecule has 1 unspecified atom stereocenters. The normalized spacial score (nSPS) is 16.7. The van der Waals surface area contributed by atoms with E-state index in [2.05, 4.69) is 10.1 Å². The van der Waals surface area contributed by atoms with Gasteiger partial charge >= 0.3 is 0 Å². The van der Waals surface area contributed by atoms with E-state index in [1.807, 2.05) is 42.2 Å². The summed E-state index contributed by atoms with van der Waals surface area (Å²) in [5.74, 6) is 1.79. The third kappa shape index (κ3) is 3.31. The summed E-state index contributed by atoms with van der Waals surface area (Å²) in [6.45, 7) is 2.58. The van der Waals surface area contributed by atoms with Gasteiger partial charge in [-0.15, -0.1) is 0 Å². The van der Waals surface area contributed by atoms with Crippen LogP contribution in [0.5, 0.6) is 11.6 Å². The number of carbonyl (C=O) groups excluding carboxylic acids is 1. The molecule has 4 rings (SSSR count). The van der Waals surface area contributed by atoms with Crippen molar-refractivity contribution in [3.05, 3.63) is 71.7 Å². The maximum Gasteiger partial charge on any atom is 0.254 e. The number of benzene rings is 1. The topological polar surface area (TPSA) is 68.5 Å². The van der Waals surface area contributed by atoms with Crippen LogP contribution in [0.4, 0.5) is 0 Å². The highest BCUT2D eigenvalue weighted by Gasteiger charge is 2.33. The van der Waals surface area contributed by atoms with E-state index in [1.165, 1.54) is 0 Å². The number of carbonyl (C=O) groups is 1. The molecule has 1 saturated heterocycles. The summed E-state index contributed by atoms with van der Waals surface area (Å²) in [4.78, 5) is 19.0. The molecule has 6 heteroatoms. The SMILES string of the molecule is Cc1cc(C2CCCN2C(=O)c2cccc(Oc3ccccn3)c2)on1. The fourth-order valence-electron chi connectivity index (χ4n) is 3.23. The number of nitrogens with zero attached hydrogens (tertiary/aromatic N) is 3. The van der Waals surface area contributed by atoms with Gasteiger partial charge in [0.05, 0.1) is 11.7 Å². The minimum Gasteiger partial charge on any atom is -0.439 e. The van der Waals surface area contributed by atoms with Crippen molar-refractivity contribution in [3.8, 4) is 11.6 Å². The van der Waals surface area contributed by atoms with E-state index in [4.69, 9.17) is 9.26 Å². The number of aromatic nitrogens is 2. The maximum atomic E-state index is 13.0. The van der Waals surface area contributed by atoms with Gasteiger partial charge in [-0.3, -0.25) is 4.79 Å². The van der Waals surface area contributed by atoms with Gasteiger partial charge in [0, 0.05) is 30.4 Å². The van der Waals surface area contributed by atoms with E-state index in [0.717, 1.165) is 24.3 Å². The van der Waals surface area contributed by atoms with Gasteiger partial charge in [0.1, 0.15) is 5.75 Å². The number of hydrogen-bond donors (Lipinski definition) is 0. The van der Waals surface area contributed by atoms with E-state index in [9.17, 15) is 4.79 Å². The molecule has 0 aliphatic carbocycles. The lowest BCUT2D eigenvalue weighted by Gasteiger charge is -2.23. The predicted molar refractivity (Wildman–Crippen MR) is 95.0 cm³/mol. The summed E-state index contributed by atoms with van der Waals surface area (Å²) < 4.78 is 11.1. The zero-order chi connectivity index (χ0) is 17.9. The Labute approximate surface area is 151 Å². The standard InChI is InChI=1S/C20H19N3O3/c1-14-12-18(26-22-14)17-8-5-11-23(17)20(24)15-6-4-7-16(13-15)25-19-9-2-3-10-21-19/h2-4,6-7,9-10,12-13,17H,5,8,11H2,1H3. The monoisotopic (exact) mass is 349 g/mol. The molecule has 2 aromatic heterocycles. The Hall–Kier alpha value is -3.15. The molecule has 0 N–H and O–H groups in total. The lowest BCUT2D eigenvalue weighted by molar-refractivity contribution is 0.0714. The van der Waals surface area contributed by atoms with Crippen LogP contribution in [-0.4, -0.2) is 27.5 Å². The molecule has 26 heavy (non-hydrogen) atoms. The van der Waals surface area contributed by atoms with Crippen LogP contribution in [0.25, 0.3) is 0 Å². The molecule has 0 spiro atoms. The van der Waals surface area contributed by atoms with Crippen LogP contribution in [0.2, 0.25) is 0 Å². The fourth-order valence-corrected chi connectivity index (χ4v) is 3.23. The Kier molecular flexibility index (Phi) is 4.39. The molecule has 0 radical (unpaired) electrons. The van der Waals surface area contributed by atoms with E-state index >= 15 is 0 Å². The highest BCUT2D eigenvalue weighted by Crippen LogP contribution is 2.34. The Morgan fingerprint density at radius 3 is 2.92 bits per heavy atom. The minimum atomic E-state index is -0.0657. The predicted octanol–water partition coefficient (Wildman–Crippen LogP) is 4.15. The summed E-state index contributed by atoms with van der Waals surface area (Å²) in [6.07, 6.45) is 3.49. The Balaban J connectivity index is 1.55. The van der Waals surface area contributed by atoms with Gasteiger partial charge in [-0.2, -0.15) is 0 Å². The van der Waals surface area contributed by atoms with Crippen molar-refractivity contribution in [3.63, 3.8) is 0 Å². The summed E-state index contributed by atoms with van der Waals surface area (Å²) in [7, 11) is 0. The van der Waals surface area contributed by atoms with Gasteiger partial charge in [0.25, 0.3) is 5.91 Å². The molecule has 1 fully saturated rings. The molecular weight excluding hydrogens is 330 g/mol. The molecule has 3 aromatic rings. The van der Waals surface area contributed by atoms with E-state index < -0.39 is 0 Å². The number of aryl methyl sites for hydroxylation is 1. The van der Waals surface area contributed by atoms with Crippen molar-refractivity contribution in [2.24, 2.45) is 0 Å². The molecule has 1 aliphatic heterocycles. The summed E-state index contributed by atoms with van der Waals surface area (Å²) in [5, 5.41) is 3.95. The lowest BCUT2D eigenvalue weighted by Crippen LogP contribution is -2.30. The van der Waals surface area contributed by atoms with Gasteiger partial charge in [-0.1, -0.05) is 17.3 Å². The molecule has 0 saturated carbocycles. The van der Waals surface area contributed by atoms with Crippen molar-refractivity contribution in [2.45, 2.75) is 25.8 Å². The van der Waals surface area contributed by atoms with Crippen LogP contribution >= 0.6 is 0 Å². The Morgan fingerprint density at radius 1 is 1.23 bits per heavy atom. The van der Waals surface area contributed by atoms with E-state index in [0.29, 0.717) is 23.7 Å². The first-order valence-corrected chi connectivity index (χ1v) is 8.64. The highest BCUT2D eigenvalue weighted by atomic mass is 16.5. The summed E-state index contributed by atoms with van der Waals surface area (Å²) >= 11 is 0. The van der Waals surface area contributed by atoms with Gasteiger partial charge in [0.2, 0.25) is 5.88 Å². The summed E-state index contributed by atoms with van der Waals surface area (Å²) in [5.41, 5.74) is 1.41. The van der Waals surface area contributed by atoms with Crippen LogP contribution in [0, 0.1) is 6.92 Å². The van der Waals surface area contributed by atoms with Crippen molar-refractivity contribution >= 4 is 5.91 Å². The average molecular weight is 349 g/mol. The van der Waals surface area contributed by atoms with Crippen LogP contribution in [0.15, 0.2) is 59.3 Å². The van der Waals surface area contributed by atoms with Crippen molar-refractivity contribution < 1.29 is 14.1 Å². The first-order valence-electron chi connectivity index (χ1n) is 8.64. The number of amides is 1. The van der Waals surface area contributed by atoms with Crippen LogP contribution < -0.4 is 4.74 Å². The van der Waals surface area contributed by atoms with Crippen LogP contribution in [0.1, 0.15) is 40.7 Å². The first kappa shape index (κ1) is 16.3. The van der Waals surface area contributed by atoms with Gasteiger partial charge in [0.15, 0.2) is 5.76 Å². The number of likely N-dealkylation sites (tertiary alicyclic amines) is 1. The second-order valence-electron chi connectivity index (χ2n) is 6.33. The van der Waals surface area contributed by atoms with Crippen LogP contribution in [0.3, 0.4) is 0 Å². The Morgan fingerprint density at radius 2 is 2.15 bits per heavy atom. The smallest absolute Gasteiger partial charge is 0.254 e. The number of rotatable bonds is 4. The molecule has 1 amide bonds. The minimum absolute atomic E-state index is 0.0342. The maximum absolute atomic E-state index is 13.0. The van der Waals surface area contributed by atoms with Gasteiger partial charge in [-0.25, -0.2) is 4.98 Å². The van der Waals surface area contributed by atoms with Crippen molar-refractivity contribution in [1.29, 1.82) is 0 Å². The molecule has 132 valence electrons. The van der Waals surface area contributed by atoms with Crippen molar-refractivity contribution in [1.82, 2.24) is 15.0 Å². The number of hydrogen-bond acceptors (Lipinski definition) is 5. The Bertz CT molecular complexity index is 907. The molecule has 0 bridgehead atoms. The second kappa shape index (κ2) is 7.00. The third-order valence-electron chi connectivity index (χ3n) is 4.43. The lowest BCUT2D eigenvalue weighted by atomic mass is 10.1. The zero-order valence-electron chi connectivity index (χ0n) is 14.5. The van der Waals surface area contributed by atoms with Crippen LogP contribution in [-0.2, 0) is 0 Å². The van der Waals surface area contributed by atoms with E-state index in [1.54, 1.807) is 24.4 Å². The van der Waals surface area contributed by atoms with Gasteiger partial charge in [-0.05, 0) is 44.0 Å². The third-order valence-corrected chi connectivity index (χ3v) is 4.43. The summed E-state index contributed by atoms with van der Waals surface area (Å²) in [6, 6.07) is 14.5. The fraction of sp³-hybridized carbons (Fsp3) is 0.250.